The highest BCUT2D eigenvalue weighted by Crippen LogP contribution is 2.21. The lowest BCUT2D eigenvalue weighted by Crippen LogP contribution is -2.30. The molecule has 0 radical (unpaired) electrons. The number of para-hydroxylation sites is 1. The van der Waals surface area contributed by atoms with E-state index in [4.69, 9.17) is 12.2 Å². The molecule has 0 unspecified atom stereocenters. The van der Waals surface area contributed by atoms with E-state index in [1.807, 2.05) is 12.1 Å². The van der Waals surface area contributed by atoms with Gasteiger partial charge in [-0.2, -0.15) is 0 Å². The highest BCUT2D eigenvalue weighted by molar-refractivity contribution is 14.1. The predicted octanol–water partition coefficient (Wildman–Crippen LogP) is 4.61. The molecule has 0 atom stereocenters. The Bertz CT molecular complexity index is 824. The molecule has 0 fully saturated rings. The molecule has 118 valence electrons. The lowest BCUT2D eigenvalue weighted by atomic mass is 10.1. The van der Waals surface area contributed by atoms with Crippen LogP contribution >= 0.6 is 34.8 Å². The van der Waals surface area contributed by atoms with Gasteiger partial charge in [0.05, 0.1) is 0 Å². The Kier molecular flexibility index (Phi) is 5.17. The smallest absolute Gasteiger partial charge is 0.170 e. The number of H-pyrrole nitrogens is 1. The number of aromatic nitrogens is 1. The van der Waals surface area contributed by atoms with E-state index >= 15 is 0 Å². The molecule has 0 saturated heterocycles. The fourth-order valence-corrected chi connectivity index (χ4v) is 3.25. The van der Waals surface area contributed by atoms with Gasteiger partial charge in [-0.1, -0.05) is 18.2 Å². The molecule has 2 aromatic carbocycles. The van der Waals surface area contributed by atoms with E-state index in [2.05, 4.69) is 81.5 Å². The van der Waals surface area contributed by atoms with Gasteiger partial charge in [0, 0.05) is 32.4 Å². The van der Waals surface area contributed by atoms with E-state index in [9.17, 15) is 0 Å². The van der Waals surface area contributed by atoms with Crippen molar-refractivity contribution in [3.05, 3.63) is 63.4 Å². The van der Waals surface area contributed by atoms with E-state index in [0.29, 0.717) is 5.11 Å². The molecular weight excluding hydrogens is 417 g/mol. The van der Waals surface area contributed by atoms with E-state index in [-0.39, 0.29) is 0 Å². The molecule has 0 spiro atoms. The number of aromatic amines is 1. The highest BCUT2D eigenvalue weighted by Gasteiger charge is 2.07. The number of hydrogen-bond donors (Lipinski definition) is 3. The van der Waals surface area contributed by atoms with Crippen molar-refractivity contribution in [1.29, 1.82) is 0 Å². The number of benzene rings is 2. The summed E-state index contributed by atoms with van der Waals surface area (Å²) in [7, 11) is 0. The number of anilines is 1. The summed E-state index contributed by atoms with van der Waals surface area (Å²) in [4.78, 5) is 3.43. The first-order valence-corrected chi connectivity index (χ1v) is 8.99. The second kappa shape index (κ2) is 7.31. The summed E-state index contributed by atoms with van der Waals surface area (Å²) in [6.07, 6.45) is 0.935. The minimum absolute atomic E-state index is 0.656. The summed E-state index contributed by atoms with van der Waals surface area (Å²) >= 11 is 7.65. The van der Waals surface area contributed by atoms with E-state index in [0.717, 1.165) is 18.7 Å². The van der Waals surface area contributed by atoms with Crippen LogP contribution in [0, 0.1) is 10.5 Å². The highest BCUT2D eigenvalue weighted by atomic mass is 127. The van der Waals surface area contributed by atoms with Crippen molar-refractivity contribution in [3.8, 4) is 0 Å². The quantitative estimate of drug-likeness (QED) is 0.414. The Balaban J connectivity index is 1.57. The molecule has 3 aromatic rings. The maximum atomic E-state index is 5.36. The maximum absolute atomic E-state index is 5.36. The molecule has 0 aliphatic heterocycles. The van der Waals surface area contributed by atoms with Gasteiger partial charge in [0.1, 0.15) is 0 Å². The third-order valence-corrected chi connectivity index (χ3v) is 4.76. The van der Waals surface area contributed by atoms with Gasteiger partial charge in [-0.05, 0) is 84.0 Å². The van der Waals surface area contributed by atoms with Crippen LogP contribution in [0.15, 0.2) is 48.5 Å². The Morgan fingerprint density at radius 3 is 2.65 bits per heavy atom. The zero-order valence-corrected chi connectivity index (χ0v) is 15.8. The molecule has 0 bridgehead atoms. The van der Waals surface area contributed by atoms with Gasteiger partial charge in [0.25, 0.3) is 0 Å². The second-order valence-electron chi connectivity index (χ2n) is 5.41. The van der Waals surface area contributed by atoms with Gasteiger partial charge in [-0.15, -0.1) is 0 Å². The van der Waals surface area contributed by atoms with Crippen LogP contribution < -0.4 is 10.6 Å². The minimum Gasteiger partial charge on any atom is -0.362 e. The van der Waals surface area contributed by atoms with Gasteiger partial charge in [-0.25, -0.2) is 0 Å². The predicted molar refractivity (Wildman–Crippen MR) is 110 cm³/mol. The molecule has 0 amide bonds. The average molecular weight is 435 g/mol. The van der Waals surface area contributed by atoms with Gasteiger partial charge in [-0.3, -0.25) is 0 Å². The lowest BCUT2D eigenvalue weighted by Gasteiger charge is -2.10. The van der Waals surface area contributed by atoms with Crippen LogP contribution in [0.25, 0.3) is 10.9 Å². The molecule has 3 N–H and O–H groups in total. The van der Waals surface area contributed by atoms with Gasteiger partial charge >= 0.3 is 0 Å². The van der Waals surface area contributed by atoms with Crippen molar-refractivity contribution in [2.75, 3.05) is 11.9 Å². The average Bonchev–Trinajstić information content (AvgIpc) is 2.86. The Morgan fingerprint density at radius 1 is 1.13 bits per heavy atom. The fraction of sp³-hybridized carbons (Fsp3) is 0.167. The number of hydrogen-bond acceptors (Lipinski definition) is 1. The SMILES string of the molecule is Cc1[nH]c2ccccc2c1CCNC(=S)Nc1ccc(I)cc1. The van der Waals surface area contributed by atoms with Crippen LogP contribution in [-0.2, 0) is 6.42 Å². The summed E-state index contributed by atoms with van der Waals surface area (Å²) in [5.41, 5.74) is 4.78. The zero-order chi connectivity index (χ0) is 16.2. The van der Waals surface area contributed by atoms with E-state index < -0.39 is 0 Å². The minimum atomic E-state index is 0.656. The third-order valence-electron chi connectivity index (χ3n) is 3.79. The molecule has 3 nitrogen and oxygen atoms in total. The van der Waals surface area contributed by atoms with Crippen molar-refractivity contribution in [2.45, 2.75) is 13.3 Å². The first-order valence-electron chi connectivity index (χ1n) is 7.50. The first kappa shape index (κ1) is 16.3. The molecule has 0 aliphatic rings. The topological polar surface area (TPSA) is 39.9 Å². The van der Waals surface area contributed by atoms with E-state index in [1.54, 1.807) is 0 Å². The Hall–Kier alpha value is -1.60. The van der Waals surface area contributed by atoms with Crippen LogP contribution in [0.4, 0.5) is 5.69 Å². The molecule has 0 aliphatic carbocycles. The monoisotopic (exact) mass is 435 g/mol. The summed E-state index contributed by atoms with van der Waals surface area (Å²) in [6, 6.07) is 16.6. The van der Waals surface area contributed by atoms with Crippen molar-refractivity contribution < 1.29 is 0 Å². The maximum Gasteiger partial charge on any atom is 0.170 e. The van der Waals surface area contributed by atoms with Gasteiger partial charge < -0.3 is 15.6 Å². The normalized spacial score (nSPS) is 10.7. The number of fused-ring (bicyclic) bond motifs is 1. The molecule has 5 heteroatoms. The van der Waals surface area contributed by atoms with Gasteiger partial charge in [0.15, 0.2) is 5.11 Å². The van der Waals surface area contributed by atoms with E-state index in [1.165, 1.54) is 25.7 Å². The fourth-order valence-electron chi connectivity index (χ4n) is 2.67. The standard InChI is InChI=1S/C18H18IN3S/c1-12-15(16-4-2-3-5-17(16)21-12)10-11-20-18(23)22-14-8-6-13(19)7-9-14/h2-9,21H,10-11H2,1H3,(H2,20,22,23). The molecule has 0 saturated carbocycles. The molecular formula is C18H18IN3S. The van der Waals surface area contributed by atoms with Crippen molar-refractivity contribution in [2.24, 2.45) is 0 Å². The summed E-state index contributed by atoms with van der Waals surface area (Å²) < 4.78 is 1.21. The Morgan fingerprint density at radius 2 is 1.87 bits per heavy atom. The number of thiocarbonyl (C=S) groups is 1. The van der Waals surface area contributed by atoms with Crippen molar-refractivity contribution >= 4 is 56.5 Å². The summed E-state index contributed by atoms with van der Waals surface area (Å²) in [6.45, 7) is 2.93. The van der Waals surface area contributed by atoms with Crippen LogP contribution in [0.2, 0.25) is 0 Å². The lowest BCUT2D eigenvalue weighted by molar-refractivity contribution is 0.871. The summed E-state index contributed by atoms with van der Waals surface area (Å²) in [5, 5.41) is 8.44. The van der Waals surface area contributed by atoms with Gasteiger partial charge in [0.2, 0.25) is 0 Å². The number of nitrogens with one attached hydrogen (secondary N) is 3. The van der Waals surface area contributed by atoms with Crippen molar-refractivity contribution in [3.63, 3.8) is 0 Å². The molecule has 23 heavy (non-hydrogen) atoms. The zero-order valence-electron chi connectivity index (χ0n) is 12.8. The number of rotatable bonds is 4. The summed E-state index contributed by atoms with van der Waals surface area (Å²) in [5.74, 6) is 0. The molecule has 1 aromatic heterocycles. The third kappa shape index (κ3) is 4.03. The van der Waals surface area contributed by atoms with Crippen LogP contribution in [-0.4, -0.2) is 16.6 Å². The largest absolute Gasteiger partial charge is 0.362 e. The first-order chi connectivity index (χ1) is 11.1. The van der Waals surface area contributed by atoms with Crippen LogP contribution in [0.3, 0.4) is 0 Å². The number of aryl methyl sites for hydroxylation is 1. The Labute approximate surface area is 155 Å². The molecule has 1 heterocycles. The van der Waals surface area contributed by atoms with Crippen LogP contribution in [0.1, 0.15) is 11.3 Å². The van der Waals surface area contributed by atoms with Crippen molar-refractivity contribution in [1.82, 2.24) is 10.3 Å². The molecule has 3 rings (SSSR count). The second-order valence-corrected chi connectivity index (χ2v) is 7.07. The number of halogens is 1. The van der Waals surface area contributed by atoms with Crippen LogP contribution in [0.5, 0.6) is 0 Å².